The van der Waals surface area contributed by atoms with Crippen molar-refractivity contribution in [3.05, 3.63) is 101 Å². The fraction of sp³-hybridized carbons (Fsp3) is 0.406. The number of rotatable bonds is 9. The van der Waals surface area contributed by atoms with Crippen LogP contribution in [0.3, 0.4) is 0 Å². The molecule has 1 saturated heterocycles. The molecule has 202 valence electrons. The molecule has 38 heavy (non-hydrogen) atoms. The van der Waals surface area contributed by atoms with Gasteiger partial charge in [0.05, 0.1) is 13.2 Å². The predicted molar refractivity (Wildman–Crippen MR) is 151 cm³/mol. The maximum atomic E-state index is 14.4. The van der Waals surface area contributed by atoms with Gasteiger partial charge in [-0.05, 0) is 63.1 Å². The molecule has 0 unspecified atom stereocenters. The van der Waals surface area contributed by atoms with Crippen LogP contribution in [0.5, 0.6) is 5.75 Å². The summed E-state index contributed by atoms with van der Waals surface area (Å²) in [7, 11) is 1.68. The minimum atomic E-state index is -0.159. The quantitative estimate of drug-likeness (QED) is 0.349. The number of ether oxygens (including phenoxy) is 1. The van der Waals surface area contributed by atoms with E-state index in [0.717, 1.165) is 41.1 Å². The van der Waals surface area contributed by atoms with Crippen molar-refractivity contribution >= 4 is 5.91 Å². The molecule has 0 aliphatic carbocycles. The van der Waals surface area contributed by atoms with Crippen molar-refractivity contribution in [1.82, 2.24) is 14.7 Å². The van der Waals surface area contributed by atoms with Gasteiger partial charge in [0.25, 0.3) is 5.91 Å². The van der Waals surface area contributed by atoms with Crippen molar-refractivity contribution in [2.75, 3.05) is 33.3 Å². The van der Waals surface area contributed by atoms with Gasteiger partial charge in [-0.25, -0.2) is 4.39 Å². The first kappa shape index (κ1) is 27.8. The van der Waals surface area contributed by atoms with Crippen LogP contribution in [0.4, 0.5) is 4.39 Å². The second-order valence-electron chi connectivity index (χ2n) is 10.2. The number of hydrogen-bond acceptors (Lipinski definition) is 4. The van der Waals surface area contributed by atoms with Crippen LogP contribution < -0.4 is 4.74 Å². The molecule has 0 bridgehead atoms. The summed E-state index contributed by atoms with van der Waals surface area (Å²) in [5.74, 6) is 0.684. The summed E-state index contributed by atoms with van der Waals surface area (Å²) < 4.78 is 20.0. The van der Waals surface area contributed by atoms with E-state index in [1.54, 1.807) is 13.2 Å². The molecule has 5 nitrogen and oxygen atoms in total. The second kappa shape index (κ2) is 12.5. The fourth-order valence-electron chi connectivity index (χ4n) is 5.62. The fourth-order valence-corrected chi connectivity index (χ4v) is 5.62. The molecule has 1 aliphatic rings. The van der Waals surface area contributed by atoms with Crippen molar-refractivity contribution < 1.29 is 13.9 Å². The molecule has 0 saturated carbocycles. The number of carbonyl (C=O) groups excluding carboxylic acids is 1. The van der Waals surface area contributed by atoms with Crippen molar-refractivity contribution in [3.8, 4) is 5.75 Å². The molecule has 3 aromatic rings. The molecule has 0 spiro atoms. The van der Waals surface area contributed by atoms with E-state index in [2.05, 4.69) is 41.8 Å². The molecule has 3 atom stereocenters. The van der Waals surface area contributed by atoms with E-state index in [4.69, 9.17) is 4.74 Å². The topological polar surface area (TPSA) is 36.0 Å². The predicted octanol–water partition coefficient (Wildman–Crippen LogP) is 6.00. The molecule has 0 N–H and O–H groups in total. The summed E-state index contributed by atoms with van der Waals surface area (Å²) in [6.45, 7) is 11.9. The zero-order valence-electron chi connectivity index (χ0n) is 23.2. The minimum Gasteiger partial charge on any atom is -0.497 e. The van der Waals surface area contributed by atoms with E-state index < -0.39 is 0 Å². The Kier molecular flexibility index (Phi) is 9.18. The van der Waals surface area contributed by atoms with Crippen LogP contribution in [0.1, 0.15) is 60.8 Å². The number of hydrogen-bond donors (Lipinski definition) is 0. The number of methoxy groups -OCH3 is 1. The van der Waals surface area contributed by atoms with E-state index in [1.165, 1.54) is 6.07 Å². The third-order valence-electron chi connectivity index (χ3n) is 7.77. The number of carbonyl (C=O) groups is 1. The van der Waals surface area contributed by atoms with Crippen LogP contribution in [0.25, 0.3) is 0 Å². The Hall–Kier alpha value is -3.22. The van der Waals surface area contributed by atoms with E-state index >= 15 is 0 Å². The van der Waals surface area contributed by atoms with Crippen molar-refractivity contribution in [1.29, 1.82) is 0 Å². The zero-order chi connectivity index (χ0) is 27.2. The molecule has 3 aromatic carbocycles. The van der Waals surface area contributed by atoms with Gasteiger partial charge < -0.3 is 9.64 Å². The van der Waals surface area contributed by atoms with Crippen molar-refractivity contribution in [3.63, 3.8) is 0 Å². The Labute approximate surface area is 226 Å². The minimum absolute atomic E-state index is 0.0531. The van der Waals surface area contributed by atoms with E-state index in [0.29, 0.717) is 19.6 Å². The molecule has 0 radical (unpaired) electrons. The molecular formula is C32H40FN3O2. The Morgan fingerprint density at radius 2 is 1.68 bits per heavy atom. The molecule has 4 rings (SSSR count). The van der Waals surface area contributed by atoms with Gasteiger partial charge in [-0.2, -0.15) is 0 Å². The van der Waals surface area contributed by atoms with Gasteiger partial charge in [-0.3, -0.25) is 14.6 Å². The first-order valence-corrected chi connectivity index (χ1v) is 13.6. The monoisotopic (exact) mass is 517 g/mol. The average Bonchev–Trinajstić information content (AvgIpc) is 2.93. The van der Waals surface area contributed by atoms with Gasteiger partial charge >= 0.3 is 0 Å². The highest BCUT2D eigenvalue weighted by molar-refractivity contribution is 5.96. The van der Waals surface area contributed by atoms with Crippen LogP contribution in [-0.4, -0.2) is 66.0 Å². The third-order valence-corrected chi connectivity index (χ3v) is 7.77. The number of halogens is 1. The van der Waals surface area contributed by atoms with Gasteiger partial charge in [-0.1, -0.05) is 48.5 Å². The summed E-state index contributed by atoms with van der Waals surface area (Å²) in [5, 5.41) is 0. The van der Waals surface area contributed by atoms with Crippen LogP contribution in [0, 0.1) is 5.82 Å². The Balaban J connectivity index is 1.73. The SMILES string of the molecule is CCN(CC)C(=O)c1ccccc1[C@@H](c1cccc(OC)c1)N1C[C@@H](C)N(Cc2ccccc2F)C[C@@H]1C. The highest BCUT2D eigenvalue weighted by Crippen LogP contribution is 2.37. The smallest absolute Gasteiger partial charge is 0.254 e. The first-order chi connectivity index (χ1) is 18.4. The summed E-state index contributed by atoms with van der Waals surface area (Å²) >= 11 is 0. The number of benzene rings is 3. The second-order valence-corrected chi connectivity index (χ2v) is 10.2. The van der Waals surface area contributed by atoms with Crippen LogP contribution in [0.15, 0.2) is 72.8 Å². The molecular weight excluding hydrogens is 477 g/mol. The standard InChI is InChI=1S/C32H40FN3O2/c1-6-34(7-2)32(37)29-17-10-9-16-28(29)31(25-14-12-15-27(19-25)38-5)36-21-23(3)35(20-24(36)4)22-26-13-8-11-18-30(26)33/h8-19,23-24,31H,6-7,20-22H2,1-5H3/t23-,24+,31-/m1/s1. The van der Waals surface area contributed by atoms with Gasteiger partial charge in [0.15, 0.2) is 0 Å². The maximum Gasteiger partial charge on any atom is 0.254 e. The lowest BCUT2D eigenvalue weighted by Gasteiger charge is -2.48. The first-order valence-electron chi connectivity index (χ1n) is 13.6. The van der Waals surface area contributed by atoms with E-state index in [9.17, 15) is 9.18 Å². The highest BCUT2D eigenvalue weighted by atomic mass is 19.1. The van der Waals surface area contributed by atoms with Crippen LogP contribution >= 0.6 is 0 Å². The highest BCUT2D eigenvalue weighted by Gasteiger charge is 2.36. The molecule has 1 amide bonds. The van der Waals surface area contributed by atoms with Gasteiger partial charge in [0, 0.05) is 55.9 Å². The maximum absolute atomic E-state index is 14.4. The van der Waals surface area contributed by atoms with Crippen LogP contribution in [-0.2, 0) is 6.54 Å². The lowest BCUT2D eigenvalue weighted by atomic mass is 9.89. The zero-order valence-corrected chi connectivity index (χ0v) is 23.2. The third kappa shape index (κ3) is 5.92. The normalized spacial score (nSPS) is 19.2. The average molecular weight is 518 g/mol. The van der Waals surface area contributed by atoms with Crippen LogP contribution in [0.2, 0.25) is 0 Å². The Morgan fingerprint density at radius 3 is 2.39 bits per heavy atom. The van der Waals surface area contributed by atoms with Crippen molar-refractivity contribution in [2.24, 2.45) is 0 Å². The van der Waals surface area contributed by atoms with Gasteiger partial charge in [-0.15, -0.1) is 0 Å². The lowest BCUT2D eigenvalue weighted by molar-refractivity contribution is 0.0187. The van der Waals surface area contributed by atoms with Gasteiger partial charge in [0.2, 0.25) is 0 Å². The summed E-state index contributed by atoms with van der Waals surface area (Å²) in [5.41, 5.74) is 3.54. The molecule has 1 heterocycles. The number of piperazine rings is 1. The summed E-state index contributed by atoms with van der Waals surface area (Å²) in [4.78, 5) is 20.4. The van der Waals surface area contributed by atoms with Gasteiger partial charge in [0.1, 0.15) is 11.6 Å². The molecule has 0 aromatic heterocycles. The summed E-state index contributed by atoms with van der Waals surface area (Å²) in [6, 6.07) is 23.4. The summed E-state index contributed by atoms with van der Waals surface area (Å²) in [6.07, 6.45) is 0. The Morgan fingerprint density at radius 1 is 0.974 bits per heavy atom. The van der Waals surface area contributed by atoms with Crippen molar-refractivity contribution in [2.45, 2.75) is 52.4 Å². The largest absolute Gasteiger partial charge is 0.497 e. The lowest BCUT2D eigenvalue weighted by Crippen LogP contribution is -2.57. The number of amides is 1. The molecule has 1 aliphatic heterocycles. The van der Waals surface area contributed by atoms with E-state index in [-0.39, 0.29) is 29.8 Å². The number of nitrogens with zero attached hydrogens (tertiary/aromatic N) is 3. The molecule has 6 heteroatoms. The molecule has 1 fully saturated rings. The van der Waals surface area contributed by atoms with E-state index in [1.807, 2.05) is 61.2 Å². The Bertz CT molecular complexity index is 1230.